The van der Waals surface area contributed by atoms with Crippen LogP contribution >= 0.6 is 11.8 Å². The van der Waals surface area contributed by atoms with Crippen molar-refractivity contribution in [2.24, 2.45) is 0 Å². The van der Waals surface area contributed by atoms with Crippen LogP contribution in [0.25, 0.3) is 0 Å². The Morgan fingerprint density at radius 3 is 2.53 bits per heavy atom. The molecule has 162 valence electrons. The van der Waals surface area contributed by atoms with E-state index in [1.54, 1.807) is 46.2 Å². The standard InChI is InChI=1S/C25H21FN2O3S/c26-20-7-3-1-5-18(20)16-28-21-15-17(24(29)27-11-13-31-14-12-27)9-10-23(21)32-22-8-4-2-6-19(22)25(28)30/h1-10,15H,11-14,16H2. The molecule has 0 aromatic heterocycles. The Kier molecular flexibility index (Phi) is 5.68. The van der Waals surface area contributed by atoms with Crippen LogP contribution in [-0.4, -0.2) is 43.0 Å². The minimum absolute atomic E-state index is 0.0720. The Hall–Kier alpha value is -3.16. The van der Waals surface area contributed by atoms with Crippen LogP contribution < -0.4 is 4.90 Å². The molecule has 0 bridgehead atoms. The number of morpholine rings is 1. The molecule has 2 aliphatic heterocycles. The number of fused-ring (bicyclic) bond motifs is 2. The largest absolute Gasteiger partial charge is 0.378 e. The third-order valence-electron chi connectivity index (χ3n) is 5.66. The topological polar surface area (TPSA) is 49.9 Å². The second-order valence-corrected chi connectivity index (χ2v) is 8.75. The molecule has 2 heterocycles. The van der Waals surface area contributed by atoms with Crippen LogP contribution in [0.15, 0.2) is 76.5 Å². The van der Waals surface area contributed by atoms with Gasteiger partial charge in [-0.25, -0.2) is 4.39 Å². The lowest BCUT2D eigenvalue weighted by molar-refractivity contribution is 0.0303. The summed E-state index contributed by atoms with van der Waals surface area (Å²) >= 11 is 1.48. The van der Waals surface area contributed by atoms with Gasteiger partial charge in [0.1, 0.15) is 5.82 Å². The van der Waals surface area contributed by atoms with Crippen molar-refractivity contribution in [1.29, 1.82) is 0 Å². The highest BCUT2D eigenvalue weighted by molar-refractivity contribution is 7.99. The van der Waals surface area contributed by atoms with Crippen LogP contribution in [0.1, 0.15) is 26.3 Å². The van der Waals surface area contributed by atoms with Crippen molar-refractivity contribution in [1.82, 2.24) is 4.90 Å². The first kappa shape index (κ1) is 20.7. The van der Waals surface area contributed by atoms with E-state index in [0.717, 1.165) is 9.79 Å². The van der Waals surface area contributed by atoms with E-state index in [9.17, 15) is 14.0 Å². The number of amides is 2. The van der Waals surface area contributed by atoms with Crippen LogP contribution in [0.3, 0.4) is 0 Å². The fourth-order valence-electron chi connectivity index (χ4n) is 3.96. The number of ether oxygens (including phenoxy) is 1. The molecule has 3 aromatic rings. The minimum Gasteiger partial charge on any atom is -0.378 e. The van der Waals surface area contributed by atoms with Crippen LogP contribution in [0.2, 0.25) is 0 Å². The van der Waals surface area contributed by atoms with Gasteiger partial charge in [0.25, 0.3) is 11.8 Å². The number of rotatable bonds is 3. The molecular formula is C25H21FN2O3S. The van der Waals surface area contributed by atoms with Gasteiger partial charge in [-0.15, -0.1) is 0 Å². The average molecular weight is 449 g/mol. The summed E-state index contributed by atoms with van der Waals surface area (Å²) < 4.78 is 19.8. The Morgan fingerprint density at radius 2 is 1.72 bits per heavy atom. The van der Waals surface area contributed by atoms with E-state index in [1.807, 2.05) is 24.3 Å². The Balaban J connectivity index is 1.59. The maximum absolute atomic E-state index is 14.5. The molecule has 1 fully saturated rings. The number of hydrogen-bond donors (Lipinski definition) is 0. The molecule has 0 saturated carbocycles. The first-order valence-electron chi connectivity index (χ1n) is 10.4. The molecule has 0 N–H and O–H groups in total. The van der Waals surface area contributed by atoms with Crippen molar-refractivity contribution in [2.45, 2.75) is 16.3 Å². The summed E-state index contributed by atoms with van der Waals surface area (Å²) in [5, 5.41) is 0. The zero-order chi connectivity index (χ0) is 22.1. The van der Waals surface area contributed by atoms with Crippen LogP contribution in [0.4, 0.5) is 10.1 Å². The number of halogens is 1. The third-order valence-corrected chi connectivity index (χ3v) is 6.80. The van der Waals surface area contributed by atoms with E-state index in [1.165, 1.54) is 17.8 Å². The van der Waals surface area contributed by atoms with Gasteiger partial charge in [-0.2, -0.15) is 0 Å². The van der Waals surface area contributed by atoms with Crippen molar-refractivity contribution < 1.29 is 18.7 Å². The lowest BCUT2D eigenvalue weighted by atomic mass is 10.1. The summed E-state index contributed by atoms with van der Waals surface area (Å²) in [6.45, 7) is 2.17. The molecule has 0 spiro atoms. The highest BCUT2D eigenvalue weighted by atomic mass is 32.2. The number of nitrogens with zero attached hydrogens (tertiary/aromatic N) is 2. The monoisotopic (exact) mass is 448 g/mol. The molecule has 0 radical (unpaired) electrons. The SMILES string of the molecule is O=C(c1ccc2c(c1)N(Cc1ccccc1F)C(=O)c1ccccc1S2)N1CCOCC1. The molecular weight excluding hydrogens is 427 g/mol. The smallest absolute Gasteiger partial charge is 0.259 e. The maximum Gasteiger partial charge on any atom is 0.259 e. The van der Waals surface area contributed by atoms with E-state index in [4.69, 9.17) is 4.74 Å². The van der Waals surface area contributed by atoms with Gasteiger partial charge in [-0.3, -0.25) is 9.59 Å². The van der Waals surface area contributed by atoms with E-state index < -0.39 is 0 Å². The number of carbonyl (C=O) groups is 2. The summed E-state index contributed by atoms with van der Waals surface area (Å²) in [5.41, 5.74) is 2.09. The maximum atomic E-state index is 14.5. The number of benzene rings is 3. The Labute approximate surface area is 189 Å². The zero-order valence-corrected chi connectivity index (χ0v) is 18.1. The summed E-state index contributed by atoms with van der Waals surface area (Å²) in [4.78, 5) is 31.7. The first-order valence-corrected chi connectivity index (χ1v) is 11.3. The third kappa shape index (κ3) is 3.89. The highest BCUT2D eigenvalue weighted by Gasteiger charge is 2.29. The van der Waals surface area contributed by atoms with Gasteiger partial charge in [0.15, 0.2) is 0 Å². The lowest BCUT2D eigenvalue weighted by Gasteiger charge is -2.28. The Bertz CT molecular complexity index is 1190. The summed E-state index contributed by atoms with van der Waals surface area (Å²) in [7, 11) is 0. The number of anilines is 1. The predicted molar refractivity (Wildman–Crippen MR) is 121 cm³/mol. The molecule has 5 rings (SSSR count). The lowest BCUT2D eigenvalue weighted by Crippen LogP contribution is -2.40. The molecule has 2 amide bonds. The van der Waals surface area contributed by atoms with Crippen LogP contribution in [0.5, 0.6) is 0 Å². The van der Waals surface area contributed by atoms with Gasteiger partial charge >= 0.3 is 0 Å². The molecule has 7 heteroatoms. The van der Waals surface area contributed by atoms with Gasteiger partial charge in [0.2, 0.25) is 0 Å². The van der Waals surface area contributed by atoms with Gasteiger partial charge in [0.05, 0.1) is 31.0 Å². The first-order chi connectivity index (χ1) is 15.6. The Morgan fingerprint density at radius 1 is 0.969 bits per heavy atom. The van der Waals surface area contributed by atoms with Gasteiger partial charge < -0.3 is 14.5 Å². The van der Waals surface area contributed by atoms with Gasteiger partial charge in [-0.1, -0.05) is 42.1 Å². The minimum atomic E-state index is -0.368. The summed E-state index contributed by atoms with van der Waals surface area (Å²) in [5.74, 6) is -0.681. The average Bonchev–Trinajstić information content (AvgIpc) is 2.95. The van der Waals surface area contributed by atoms with Crippen molar-refractivity contribution >= 4 is 29.3 Å². The number of hydrogen-bond acceptors (Lipinski definition) is 4. The number of carbonyl (C=O) groups excluding carboxylic acids is 2. The summed E-state index contributed by atoms with van der Waals surface area (Å²) in [6.07, 6.45) is 0. The molecule has 0 atom stereocenters. The van der Waals surface area contributed by atoms with Crippen LogP contribution in [-0.2, 0) is 11.3 Å². The van der Waals surface area contributed by atoms with Crippen molar-refractivity contribution in [3.63, 3.8) is 0 Å². The normalized spacial score (nSPS) is 15.7. The second kappa shape index (κ2) is 8.76. The molecule has 5 nitrogen and oxygen atoms in total. The van der Waals surface area contributed by atoms with Crippen LogP contribution in [0, 0.1) is 5.82 Å². The van der Waals surface area contributed by atoms with Crippen molar-refractivity contribution in [3.05, 3.63) is 89.2 Å². The quantitative estimate of drug-likeness (QED) is 0.587. The fourth-order valence-corrected chi connectivity index (χ4v) is 5.01. The van der Waals surface area contributed by atoms with E-state index in [-0.39, 0.29) is 24.2 Å². The molecule has 0 aliphatic carbocycles. The van der Waals surface area contributed by atoms with Gasteiger partial charge in [0, 0.05) is 34.0 Å². The molecule has 0 unspecified atom stereocenters. The molecule has 2 aliphatic rings. The van der Waals surface area contributed by atoms with E-state index in [2.05, 4.69) is 0 Å². The van der Waals surface area contributed by atoms with Crippen molar-refractivity contribution in [3.8, 4) is 0 Å². The predicted octanol–water partition coefficient (Wildman–Crippen LogP) is 4.61. The molecule has 32 heavy (non-hydrogen) atoms. The molecule has 1 saturated heterocycles. The zero-order valence-electron chi connectivity index (χ0n) is 17.3. The fraction of sp³-hybridized carbons (Fsp3) is 0.200. The molecule has 3 aromatic carbocycles. The van der Waals surface area contributed by atoms with Crippen molar-refractivity contribution in [2.75, 3.05) is 31.2 Å². The summed E-state index contributed by atoms with van der Waals surface area (Å²) in [6, 6.07) is 19.3. The highest BCUT2D eigenvalue weighted by Crippen LogP contribution is 2.42. The van der Waals surface area contributed by atoms with E-state index >= 15 is 0 Å². The van der Waals surface area contributed by atoms with Gasteiger partial charge in [-0.05, 0) is 36.4 Å². The van der Waals surface area contributed by atoms with E-state index in [0.29, 0.717) is 48.7 Å². The second-order valence-electron chi connectivity index (χ2n) is 7.67.